The summed E-state index contributed by atoms with van der Waals surface area (Å²) in [6.07, 6.45) is 0. The van der Waals surface area contributed by atoms with Crippen molar-refractivity contribution in [3.63, 3.8) is 0 Å². The van der Waals surface area contributed by atoms with Gasteiger partial charge in [0.1, 0.15) is 5.60 Å². The van der Waals surface area contributed by atoms with Crippen LogP contribution in [0.2, 0.25) is 0 Å². The summed E-state index contributed by atoms with van der Waals surface area (Å²) in [5, 5.41) is 8.32. The van der Waals surface area contributed by atoms with E-state index in [1.54, 1.807) is 20.8 Å². The first-order valence-corrected chi connectivity index (χ1v) is 5.93. The summed E-state index contributed by atoms with van der Waals surface area (Å²) in [5.41, 5.74) is 4.64. The van der Waals surface area contributed by atoms with Crippen LogP contribution in [0.4, 0.5) is 5.95 Å². The Hall–Kier alpha value is -2.16. The number of methoxy groups -OCH3 is 1. The van der Waals surface area contributed by atoms with Gasteiger partial charge in [0, 0.05) is 7.11 Å². The molecular formula is C11H19N5O4. The van der Waals surface area contributed by atoms with Crippen molar-refractivity contribution in [2.75, 3.05) is 19.5 Å². The van der Waals surface area contributed by atoms with Crippen LogP contribution in [0, 0.1) is 0 Å². The lowest BCUT2D eigenvalue weighted by Crippen LogP contribution is -2.47. The topological polar surface area (TPSA) is 132 Å². The van der Waals surface area contributed by atoms with Crippen LogP contribution in [0.3, 0.4) is 0 Å². The molecule has 1 heterocycles. The largest absolute Gasteiger partial charge is 0.458 e. The van der Waals surface area contributed by atoms with Crippen molar-refractivity contribution in [2.45, 2.75) is 32.4 Å². The predicted octanol–water partition coefficient (Wildman–Crippen LogP) is -0.527. The van der Waals surface area contributed by atoms with Crippen molar-refractivity contribution >= 4 is 17.8 Å². The van der Waals surface area contributed by atoms with Crippen molar-refractivity contribution < 1.29 is 19.1 Å². The molecule has 0 aliphatic rings. The maximum absolute atomic E-state index is 11.9. The minimum Gasteiger partial charge on any atom is -0.458 e. The second kappa shape index (κ2) is 6.33. The zero-order valence-corrected chi connectivity index (χ0v) is 11.9. The second-order valence-electron chi connectivity index (χ2n) is 5.06. The molecule has 1 aromatic rings. The number of aromatic nitrogens is 3. The first-order chi connectivity index (χ1) is 9.23. The van der Waals surface area contributed by atoms with Crippen LogP contribution in [-0.2, 0) is 14.3 Å². The van der Waals surface area contributed by atoms with Gasteiger partial charge in [-0.2, -0.15) is 4.98 Å². The minimum atomic E-state index is -0.946. The van der Waals surface area contributed by atoms with Gasteiger partial charge in [0.05, 0.1) is 6.61 Å². The van der Waals surface area contributed by atoms with Gasteiger partial charge in [-0.3, -0.25) is 9.89 Å². The van der Waals surface area contributed by atoms with E-state index in [0.29, 0.717) is 0 Å². The molecule has 0 saturated carbocycles. The van der Waals surface area contributed by atoms with Gasteiger partial charge in [-0.25, -0.2) is 4.79 Å². The highest BCUT2D eigenvalue weighted by Gasteiger charge is 2.27. The van der Waals surface area contributed by atoms with E-state index in [1.165, 1.54) is 7.11 Å². The Morgan fingerprint density at radius 2 is 2.10 bits per heavy atom. The first kappa shape index (κ1) is 15.9. The van der Waals surface area contributed by atoms with Crippen LogP contribution in [-0.4, -0.2) is 52.4 Å². The molecule has 1 amide bonds. The standard InChI is InChI=1S/C11H19N5O4/c1-11(2,3)20-9(18)6(5-19-4)13-8(17)7-14-10(12)16-15-7/h6H,5H2,1-4H3,(H,13,17)(H3,12,14,15,16). The van der Waals surface area contributed by atoms with E-state index in [0.717, 1.165) is 0 Å². The number of hydrogen-bond acceptors (Lipinski definition) is 7. The lowest BCUT2D eigenvalue weighted by atomic mass is 10.2. The van der Waals surface area contributed by atoms with Crippen molar-refractivity contribution in [1.29, 1.82) is 0 Å². The lowest BCUT2D eigenvalue weighted by Gasteiger charge is -2.23. The van der Waals surface area contributed by atoms with E-state index < -0.39 is 23.5 Å². The normalized spacial score (nSPS) is 12.8. The Labute approximate surface area is 116 Å². The van der Waals surface area contributed by atoms with Crippen LogP contribution in [0.15, 0.2) is 0 Å². The van der Waals surface area contributed by atoms with E-state index in [4.69, 9.17) is 15.2 Å². The quantitative estimate of drug-likeness (QED) is 0.619. The van der Waals surface area contributed by atoms with E-state index in [-0.39, 0.29) is 18.4 Å². The molecule has 0 bridgehead atoms. The van der Waals surface area contributed by atoms with Crippen LogP contribution in [0.25, 0.3) is 0 Å². The van der Waals surface area contributed by atoms with Gasteiger partial charge < -0.3 is 20.5 Å². The maximum Gasteiger partial charge on any atom is 0.331 e. The fourth-order valence-electron chi connectivity index (χ4n) is 1.31. The van der Waals surface area contributed by atoms with Crippen LogP contribution in [0.5, 0.6) is 0 Å². The molecule has 112 valence electrons. The Morgan fingerprint density at radius 3 is 2.55 bits per heavy atom. The molecule has 9 nitrogen and oxygen atoms in total. The van der Waals surface area contributed by atoms with Gasteiger partial charge in [-0.15, -0.1) is 5.10 Å². The van der Waals surface area contributed by atoms with Gasteiger partial charge in [-0.05, 0) is 20.8 Å². The summed E-state index contributed by atoms with van der Waals surface area (Å²) in [6, 6.07) is -0.946. The number of carbonyl (C=O) groups is 2. The lowest BCUT2D eigenvalue weighted by molar-refractivity contribution is -0.158. The number of esters is 1. The number of hydrogen-bond donors (Lipinski definition) is 3. The molecule has 1 aromatic heterocycles. The number of nitrogen functional groups attached to an aromatic ring is 1. The van der Waals surface area contributed by atoms with Gasteiger partial charge in [0.2, 0.25) is 11.8 Å². The average Bonchev–Trinajstić information content (AvgIpc) is 2.73. The number of carbonyl (C=O) groups excluding carboxylic acids is 2. The number of aromatic amines is 1. The van der Waals surface area contributed by atoms with Crippen molar-refractivity contribution in [3.05, 3.63) is 5.82 Å². The smallest absolute Gasteiger partial charge is 0.331 e. The molecule has 0 aromatic carbocycles. The van der Waals surface area contributed by atoms with E-state index in [1.807, 2.05) is 0 Å². The highest BCUT2D eigenvalue weighted by molar-refractivity contribution is 5.94. The highest BCUT2D eigenvalue weighted by atomic mass is 16.6. The third-order valence-corrected chi connectivity index (χ3v) is 2.05. The van der Waals surface area contributed by atoms with Gasteiger partial charge in [0.25, 0.3) is 5.91 Å². The molecule has 9 heteroatoms. The third kappa shape index (κ3) is 4.84. The average molecular weight is 285 g/mol. The highest BCUT2D eigenvalue weighted by Crippen LogP contribution is 2.09. The molecule has 4 N–H and O–H groups in total. The number of nitrogens with two attached hydrogens (primary N) is 1. The first-order valence-electron chi connectivity index (χ1n) is 5.93. The summed E-state index contributed by atoms with van der Waals surface area (Å²) >= 11 is 0. The monoisotopic (exact) mass is 285 g/mol. The van der Waals surface area contributed by atoms with Gasteiger partial charge in [0.15, 0.2) is 6.04 Å². The van der Waals surface area contributed by atoms with Crippen molar-refractivity contribution in [2.24, 2.45) is 0 Å². The molecule has 1 unspecified atom stereocenters. The number of H-pyrrole nitrogens is 1. The van der Waals surface area contributed by atoms with E-state index in [9.17, 15) is 9.59 Å². The van der Waals surface area contributed by atoms with E-state index in [2.05, 4.69) is 20.5 Å². The maximum atomic E-state index is 11.9. The summed E-state index contributed by atoms with van der Waals surface area (Å²) in [5.74, 6) is -1.37. The van der Waals surface area contributed by atoms with Crippen LogP contribution < -0.4 is 11.1 Å². The molecule has 20 heavy (non-hydrogen) atoms. The van der Waals surface area contributed by atoms with E-state index >= 15 is 0 Å². The summed E-state index contributed by atoms with van der Waals surface area (Å²) in [7, 11) is 1.41. The summed E-state index contributed by atoms with van der Waals surface area (Å²) in [6.45, 7) is 5.17. The predicted molar refractivity (Wildman–Crippen MR) is 69.8 cm³/mol. The third-order valence-electron chi connectivity index (χ3n) is 2.05. The summed E-state index contributed by atoms with van der Waals surface area (Å²) < 4.78 is 10.1. The van der Waals surface area contributed by atoms with Gasteiger partial charge >= 0.3 is 5.97 Å². The summed E-state index contributed by atoms with van der Waals surface area (Å²) in [4.78, 5) is 27.4. The van der Waals surface area contributed by atoms with Crippen LogP contribution >= 0.6 is 0 Å². The minimum absolute atomic E-state index is 0.0235. The Kier molecular flexibility index (Phi) is 5.03. The number of rotatable bonds is 5. The zero-order valence-electron chi connectivity index (χ0n) is 11.9. The van der Waals surface area contributed by atoms with Crippen LogP contribution in [0.1, 0.15) is 31.4 Å². The Morgan fingerprint density at radius 1 is 1.45 bits per heavy atom. The molecule has 0 fully saturated rings. The number of nitrogens with one attached hydrogen (secondary N) is 2. The number of nitrogens with zero attached hydrogens (tertiary/aromatic N) is 2. The molecule has 0 aliphatic carbocycles. The van der Waals surface area contributed by atoms with Crippen molar-refractivity contribution in [1.82, 2.24) is 20.5 Å². The number of ether oxygens (including phenoxy) is 2. The molecule has 0 saturated heterocycles. The molecule has 0 radical (unpaired) electrons. The second-order valence-corrected chi connectivity index (χ2v) is 5.06. The van der Waals surface area contributed by atoms with Gasteiger partial charge in [-0.1, -0.05) is 0 Å². The molecule has 1 atom stereocenters. The zero-order chi connectivity index (χ0) is 15.3. The van der Waals surface area contributed by atoms with Crippen molar-refractivity contribution in [3.8, 4) is 0 Å². The number of amides is 1. The fourth-order valence-corrected chi connectivity index (χ4v) is 1.31. The molecular weight excluding hydrogens is 266 g/mol. The fraction of sp³-hybridized carbons (Fsp3) is 0.636. The molecule has 0 spiro atoms. The molecule has 0 aliphatic heterocycles. The SMILES string of the molecule is COCC(NC(=O)c1nc(N)n[nH]1)C(=O)OC(C)(C)C. The molecule has 1 rings (SSSR count). The Bertz CT molecular complexity index is 479. The number of anilines is 1. The Balaban J connectivity index is 2.71.